The smallest absolute Gasteiger partial charge is 0.335 e. The Bertz CT molecular complexity index is 1660. The van der Waals surface area contributed by atoms with Crippen LogP contribution in [0.3, 0.4) is 0 Å². The summed E-state index contributed by atoms with van der Waals surface area (Å²) in [6.07, 6.45) is 2.21. The molecule has 13 nitrogen and oxygen atoms in total. The van der Waals surface area contributed by atoms with E-state index in [1.54, 1.807) is 73.7 Å². The van der Waals surface area contributed by atoms with Crippen molar-refractivity contribution in [1.82, 2.24) is 25.4 Å². The van der Waals surface area contributed by atoms with Gasteiger partial charge in [-0.2, -0.15) is 0 Å². The lowest BCUT2D eigenvalue weighted by Crippen LogP contribution is -2.53. The largest absolute Gasteiger partial charge is 0.497 e. The van der Waals surface area contributed by atoms with Crippen LogP contribution in [0.2, 0.25) is 0 Å². The van der Waals surface area contributed by atoms with Crippen molar-refractivity contribution in [2.75, 3.05) is 40.9 Å². The maximum Gasteiger partial charge on any atom is 0.335 e. The number of amides is 4. The summed E-state index contributed by atoms with van der Waals surface area (Å²) in [5, 5.41) is 14.2. The number of urea groups is 2. The molecule has 46 heavy (non-hydrogen) atoms. The van der Waals surface area contributed by atoms with Gasteiger partial charge in [-0.25, -0.2) is 23.0 Å². The highest BCUT2D eigenvalue weighted by Gasteiger charge is 2.30. The number of hydrogen-bond donors (Lipinski definition) is 5. The number of nitrogens with two attached hydrogens (primary N) is 1. The summed E-state index contributed by atoms with van der Waals surface area (Å²) in [6, 6.07) is 17.7. The van der Waals surface area contributed by atoms with Crippen molar-refractivity contribution in [3.63, 3.8) is 0 Å². The van der Waals surface area contributed by atoms with Crippen LogP contribution in [0.5, 0.6) is 11.5 Å². The Balaban J connectivity index is 1.56. The van der Waals surface area contributed by atoms with Crippen molar-refractivity contribution < 1.29 is 27.5 Å². The van der Waals surface area contributed by atoms with Crippen LogP contribution in [-0.2, 0) is 16.6 Å². The topological polar surface area (TPSA) is 179 Å². The van der Waals surface area contributed by atoms with Gasteiger partial charge in [0.25, 0.3) is 10.0 Å². The van der Waals surface area contributed by atoms with E-state index in [2.05, 4.69) is 15.5 Å². The third-order valence-corrected chi connectivity index (χ3v) is 9.19. The first-order valence-corrected chi connectivity index (χ1v) is 16.3. The van der Waals surface area contributed by atoms with Gasteiger partial charge in [0.1, 0.15) is 17.3 Å². The van der Waals surface area contributed by atoms with Crippen molar-refractivity contribution in [1.29, 1.82) is 5.41 Å². The minimum absolute atomic E-state index is 0.0412. The number of likely N-dealkylation sites (tertiary alicyclic amines) is 1. The molecule has 1 aliphatic rings. The van der Waals surface area contributed by atoms with Crippen molar-refractivity contribution in [2.24, 2.45) is 11.7 Å². The lowest BCUT2D eigenvalue weighted by Gasteiger charge is -2.35. The Labute approximate surface area is 269 Å². The molecule has 0 aliphatic carbocycles. The first kappa shape index (κ1) is 34.1. The number of rotatable bonds is 12. The van der Waals surface area contributed by atoms with Gasteiger partial charge in [0.05, 0.1) is 25.7 Å². The van der Waals surface area contributed by atoms with E-state index >= 15 is 0 Å². The molecule has 0 spiro atoms. The Morgan fingerprint density at radius 1 is 1.02 bits per heavy atom. The molecular formula is C32H41N7O6S. The summed E-state index contributed by atoms with van der Waals surface area (Å²) in [5.41, 5.74) is 8.00. The van der Waals surface area contributed by atoms with E-state index in [9.17, 15) is 18.0 Å². The molecule has 0 unspecified atom stereocenters. The number of piperidine rings is 1. The quantitative estimate of drug-likeness (QED) is 0.113. The Kier molecular flexibility index (Phi) is 11.4. The number of hydrazine groups is 1. The van der Waals surface area contributed by atoms with E-state index in [0.717, 1.165) is 11.4 Å². The average molecular weight is 652 g/mol. The molecule has 14 heteroatoms. The number of sulfonamides is 1. The number of methoxy groups -OCH3 is 2. The first-order chi connectivity index (χ1) is 22.0. The second-order valence-electron chi connectivity index (χ2n) is 10.9. The molecule has 0 aromatic heterocycles. The number of ether oxygens (including phenoxy) is 2. The predicted molar refractivity (Wildman–Crippen MR) is 175 cm³/mol. The maximum absolute atomic E-state index is 13.9. The van der Waals surface area contributed by atoms with Gasteiger partial charge in [0.15, 0.2) is 0 Å². The molecule has 4 rings (SSSR count). The second-order valence-corrected chi connectivity index (χ2v) is 12.6. The van der Waals surface area contributed by atoms with Crippen molar-refractivity contribution in [2.45, 2.75) is 30.7 Å². The highest BCUT2D eigenvalue weighted by molar-refractivity contribution is 7.89. The zero-order valence-electron chi connectivity index (χ0n) is 26.2. The number of carbonyl (C=O) groups excluding carboxylic acids is 2. The zero-order chi connectivity index (χ0) is 33.3. The predicted octanol–water partition coefficient (Wildman–Crippen LogP) is 3.50. The minimum Gasteiger partial charge on any atom is -0.497 e. The Hall–Kier alpha value is -4.82. The minimum atomic E-state index is -4.24. The number of carbonyl (C=O) groups is 2. The van der Waals surface area contributed by atoms with E-state index in [1.807, 2.05) is 0 Å². The summed E-state index contributed by atoms with van der Waals surface area (Å²) in [7, 11) is 0.395. The molecule has 1 heterocycles. The van der Waals surface area contributed by atoms with Crippen LogP contribution in [0.1, 0.15) is 30.4 Å². The lowest BCUT2D eigenvalue weighted by atomic mass is 9.94. The molecule has 0 saturated carbocycles. The fourth-order valence-electron chi connectivity index (χ4n) is 5.29. The van der Waals surface area contributed by atoms with Crippen LogP contribution >= 0.6 is 0 Å². The number of nitrogens with one attached hydrogen (secondary N) is 4. The Morgan fingerprint density at radius 3 is 2.43 bits per heavy atom. The SMILES string of the molecule is CNC(=O)NCCC1CCN(C(=O)N(Cc2cccc(C(=N)N)c2)NS(=O)(=O)c2cccc(-c3ccc(OC)cc3OC)c2)CC1. The Morgan fingerprint density at radius 2 is 1.76 bits per heavy atom. The number of benzene rings is 3. The van der Waals surface area contributed by atoms with Crippen LogP contribution < -0.4 is 30.7 Å². The highest BCUT2D eigenvalue weighted by Crippen LogP contribution is 2.34. The van der Waals surface area contributed by atoms with Gasteiger partial charge in [-0.15, -0.1) is 4.83 Å². The summed E-state index contributed by atoms with van der Waals surface area (Å²) >= 11 is 0. The van der Waals surface area contributed by atoms with Crippen molar-refractivity contribution in [3.8, 4) is 22.6 Å². The summed E-state index contributed by atoms with van der Waals surface area (Å²) in [6.45, 7) is 1.29. The van der Waals surface area contributed by atoms with Gasteiger partial charge in [0.2, 0.25) is 0 Å². The van der Waals surface area contributed by atoms with Gasteiger partial charge < -0.3 is 30.7 Å². The molecule has 1 aliphatic heterocycles. The molecule has 3 aromatic carbocycles. The van der Waals surface area contributed by atoms with Crippen LogP contribution in [0.15, 0.2) is 71.6 Å². The molecule has 1 saturated heterocycles. The third kappa shape index (κ3) is 8.67. The second kappa shape index (κ2) is 15.5. The summed E-state index contributed by atoms with van der Waals surface area (Å²) in [4.78, 5) is 29.4. The summed E-state index contributed by atoms with van der Waals surface area (Å²) < 4.78 is 38.4. The number of hydrogen-bond acceptors (Lipinski definition) is 7. The van der Waals surface area contributed by atoms with Gasteiger partial charge in [-0.05, 0) is 66.6 Å². The monoisotopic (exact) mass is 651 g/mol. The van der Waals surface area contributed by atoms with E-state index in [1.165, 1.54) is 19.2 Å². The van der Waals surface area contributed by atoms with Crippen LogP contribution in [-0.4, -0.2) is 77.1 Å². The highest BCUT2D eigenvalue weighted by atomic mass is 32.2. The molecule has 246 valence electrons. The molecule has 6 N–H and O–H groups in total. The van der Waals surface area contributed by atoms with E-state index in [0.29, 0.717) is 72.1 Å². The molecule has 0 bridgehead atoms. The standard InChI is InChI=1S/C32H41N7O6S/c1-35-31(40)36-15-12-22-13-16-38(17-14-22)32(41)39(21-23-6-4-8-25(18-23)30(33)34)37-46(42,43)27-9-5-7-24(19-27)28-11-10-26(44-2)20-29(28)45-3/h4-11,18-20,22,37H,12-17,21H2,1-3H3,(H3,33,34)(H2,35,36,40). The molecule has 0 atom stereocenters. The van der Waals surface area contributed by atoms with Gasteiger partial charge >= 0.3 is 12.1 Å². The molecule has 4 amide bonds. The van der Waals surface area contributed by atoms with Crippen molar-refractivity contribution >= 4 is 27.9 Å². The van der Waals surface area contributed by atoms with Crippen molar-refractivity contribution in [3.05, 3.63) is 77.9 Å². The van der Waals surface area contributed by atoms with Crippen LogP contribution in [0.4, 0.5) is 9.59 Å². The number of nitrogen functional groups attached to an aromatic ring is 1. The first-order valence-electron chi connectivity index (χ1n) is 14.8. The molecule has 0 radical (unpaired) electrons. The van der Waals surface area contributed by atoms with E-state index < -0.39 is 16.1 Å². The van der Waals surface area contributed by atoms with E-state index in [4.69, 9.17) is 20.6 Å². The summed E-state index contributed by atoms with van der Waals surface area (Å²) in [5.74, 6) is 1.28. The number of amidine groups is 1. The fourth-order valence-corrected chi connectivity index (χ4v) is 6.36. The maximum atomic E-state index is 13.9. The molecule has 1 fully saturated rings. The number of nitrogens with zero attached hydrogens (tertiary/aromatic N) is 2. The fraction of sp³-hybridized carbons (Fsp3) is 0.344. The lowest BCUT2D eigenvalue weighted by molar-refractivity contribution is 0.121. The van der Waals surface area contributed by atoms with Gasteiger partial charge in [-0.1, -0.05) is 30.3 Å². The normalized spacial score (nSPS) is 13.5. The van der Waals surface area contributed by atoms with E-state index in [-0.39, 0.29) is 23.3 Å². The van der Waals surface area contributed by atoms with Crippen LogP contribution in [0, 0.1) is 11.3 Å². The van der Waals surface area contributed by atoms with Gasteiger partial charge in [0, 0.05) is 43.9 Å². The molecule has 3 aromatic rings. The average Bonchev–Trinajstić information content (AvgIpc) is 3.07. The van der Waals surface area contributed by atoms with Gasteiger partial charge in [-0.3, -0.25) is 5.41 Å². The zero-order valence-corrected chi connectivity index (χ0v) is 27.0. The molecular weight excluding hydrogens is 610 g/mol. The third-order valence-electron chi connectivity index (χ3n) is 7.85. The van der Waals surface area contributed by atoms with Crippen LogP contribution in [0.25, 0.3) is 11.1 Å².